The number of rotatable bonds is 7. The van der Waals surface area contributed by atoms with Gasteiger partial charge in [0.05, 0.1) is 30.8 Å². The third-order valence-corrected chi connectivity index (χ3v) is 2.65. The summed E-state index contributed by atoms with van der Waals surface area (Å²) in [6.45, 7) is 3.88. The first kappa shape index (κ1) is 16.2. The van der Waals surface area contributed by atoms with Crippen LogP contribution in [0.25, 0.3) is 0 Å². The van der Waals surface area contributed by atoms with Crippen LogP contribution < -0.4 is 14.8 Å². The van der Waals surface area contributed by atoms with Crippen molar-refractivity contribution in [3.05, 3.63) is 27.8 Å². The number of nitro benzene ring substituents is 1. The van der Waals surface area contributed by atoms with Crippen LogP contribution in [-0.2, 0) is 6.54 Å². The number of nitrogens with zero attached hydrogens (tertiary/aromatic N) is 1. The second kappa shape index (κ2) is 6.53. The summed E-state index contributed by atoms with van der Waals surface area (Å²) in [5.74, 6) is 0.739. The van der Waals surface area contributed by atoms with E-state index in [9.17, 15) is 15.2 Å². The van der Waals surface area contributed by atoms with E-state index in [0.29, 0.717) is 23.6 Å². The van der Waals surface area contributed by atoms with E-state index in [0.717, 1.165) is 0 Å². The summed E-state index contributed by atoms with van der Waals surface area (Å²) in [5.41, 5.74) is -0.464. The molecule has 0 aliphatic carbocycles. The zero-order valence-corrected chi connectivity index (χ0v) is 12.1. The first-order valence-electron chi connectivity index (χ1n) is 6.11. The van der Waals surface area contributed by atoms with Crippen molar-refractivity contribution in [1.82, 2.24) is 5.32 Å². The Labute approximate surface area is 117 Å². The molecule has 0 aliphatic heterocycles. The minimum Gasteiger partial charge on any atom is -0.493 e. The number of nitrogens with one attached hydrogen (secondary N) is 1. The lowest BCUT2D eigenvalue weighted by molar-refractivity contribution is -0.385. The van der Waals surface area contributed by atoms with Gasteiger partial charge < -0.3 is 19.9 Å². The third kappa shape index (κ3) is 4.36. The molecule has 2 N–H and O–H groups in total. The van der Waals surface area contributed by atoms with E-state index in [1.165, 1.54) is 20.3 Å². The maximum atomic E-state index is 11.1. The highest BCUT2D eigenvalue weighted by Crippen LogP contribution is 2.34. The second-order valence-corrected chi connectivity index (χ2v) is 5.01. The molecule has 1 aromatic rings. The number of benzene rings is 1. The van der Waals surface area contributed by atoms with Gasteiger partial charge >= 0.3 is 0 Å². The molecule has 20 heavy (non-hydrogen) atoms. The Morgan fingerprint density at radius 1 is 1.30 bits per heavy atom. The monoisotopic (exact) mass is 284 g/mol. The highest BCUT2D eigenvalue weighted by Gasteiger charge is 2.20. The summed E-state index contributed by atoms with van der Waals surface area (Å²) >= 11 is 0. The number of hydrogen-bond acceptors (Lipinski definition) is 6. The maximum Gasteiger partial charge on any atom is 0.277 e. The minimum absolute atomic E-state index is 0.0501. The van der Waals surface area contributed by atoms with Gasteiger partial charge in [0.15, 0.2) is 11.5 Å². The van der Waals surface area contributed by atoms with Gasteiger partial charge in [-0.3, -0.25) is 10.1 Å². The van der Waals surface area contributed by atoms with Crippen molar-refractivity contribution in [2.75, 3.05) is 20.8 Å². The molecule has 0 aliphatic rings. The molecule has 7 nitrogen and oxygen atoms in total. The van der Waals surface area contributed by atoms with Gasteiger partial charge in [-0.05, 0) is 19.9 Å². The van der Waals surface area contributed by atoms with Crippen LogP contribution in [0.1, 0.15) is 19.4 Å². The molecule has 0 aromatic heterocycles. The van der Waals surface area contributed by atoms with E-state index in [2.05, 4.69) is 5.32 Å². The molecular formula is C13H20N2O5. The smallest absolute Gasteiger partial charge is 0.277 e. The Morgan fingerprint density at radius 2 is 1.85 bits per heavy atom. The summed E-state index contributed by atoms with van der Waals surface area (Å²) in [6.07, 6.45) is 0. The Hall–Kier alpha value is -1.86. The topological polar surface area (TPSA) is 93.9 Å². The fraction of sp³-hybridized carbons (Fsp3) is 0.538. The molecule has 0 spiro atoms. The minimum atomic E-state index is -0.884. The second-order valence-electron chi connectivity index (χ2n) is 5.01. The van der Waals surface area contributed by atoms with Gasteiger partial charge in [-0.2, -0.15) is 0 Å². The Bertz CT molecular complexity index is 482. The van der Waals surface area contributed by atoms with E-state index < -0.39 is 10.5 Å². The largest absolute Gasteiger partial charge is 0.493 e. The van der Waals surface area contributed by atoms with Gasteiger partial charge in [0.2, 0.25) is 0 Å². The first-order valence-corrected chi connectivity index (χ1v) is 6.11. The number of ether oxygens (including phenoxy) is 2. The fourth-order valence-corrected chi connectivity index (χ4v) is 1.72. The van der Waals surface area contributed by atoms with Crippen molar-refractivity contribution >= 4 is 5.69 Å². The summed E-state index contributed by atoms with van der Waals surface area (Å²) < 4.78 is 10.2. The lowest BCUT2D eigenvalue weighted by atomic mass is 10.1. The molecule has 0 saturated heterocycles. The summed E-state index contributed by atoms with van der Waals surface area (Å²) in [6, 6.07) is 2.90. The van der Waals surface area contributed by atoms with Crippen molar-refractivity contribution in [2.24, 2.45) is 0 Å². The number of methoxy groups -OCH3 is 2. The number of hydrogen-bond donors (Lipinski definition) is 2. The van der Waals surface area contributed by atoms with Crippen molar-refractivity contribution in [3.8, 4) is 11.5 Å². The summed E-state index contributed by atoms with van der Waals surface area (Å²) in [4.78, 5) is 10.6. The van der Waals surface area contributed by atoms with Crippen LogP contribution in [0.2, 0.25) is 0 Å². The van der Waals surface area contributed by atoms with Gasteiger partial charge in [0, 0.05) is 18.7 Å². The van der Waals surface area contributed by atoms with E-state index in [4.69, 9.17) is 9.47 Å². The molecule has 7 heteroatoms. The SMILES string of the molecule is COc1cc(CNCC(C)(C)O)c([N+](=O)[O-])cc1OC. The molecule has 0 saturated carbocycles. The average Bonchev–Trinajstić information content (AvgIpc) is 2.36. The van der Waals surface area contributed by atoms with Gasteiger partial charge in [-0.25, -0.2) is 0 Å². The predicted octanol–water partition coefficient (Wildman–Crippen LogP) is 1.47. The standard InChI is InChI=1S/C13H20N2O5/c1-13(2,16)8-14-7-9-5-11(19-3)12(20-4)6-10(9)15(17)18/h5-6,14,16H,7-8H2,1-4H3. The molecule has 1 aromatic carbocycles. The van der Waals surface area contributed by atoms with Crippen LogP contribution in [-0.4, -0.2) is 36.4 Å². The molecule has 0 heterocycles. The van der Waals surface area contributed by atoms with Crippen LogP contribution in [0.3, 0.4) is 0 Å². The van der Waals surface area contributed by atoms with Crippen molar-refractivity contribution < 1.29 is 19.5 Å². The summed E-state index contributed by atoms with van der Waals surface area (Å²) in [5, 5.41) is 23.7. The Morgan fingerprint density at radius 3 is 2.30 bits per heavy atom. The molecule has 1 rings (SSSR count). The fourth-order valence-electron chi connectivity index (χ4n) is 1.72. The number of aliphatic hydroxyl groups is 1. The first-order chi connectivity index (χ1) is 9.28. The average molecular weight is 284 g/mol. The van der Waals surface area contributed by atoms with Gasteiger partial charge in [0.1, 0.15) is 0 Å². The maximum absolute atomic E-state index is 11.1. The van der Waals surface area contributed by atoms with Crippen LogP contribution in [0, 0.1) is 10.1 Å². The third-order valence-electron chi connectivity index (χ3n) is 2.65. The molecular weight excluding hydrogens is 264 g/mol. The molecule has 112 valence electrons. The van der Waals surface area contributed by atoms with E-state index >= 15 is 0 Å². The van der Waals surface area contributed by atoms with Gasteiger partial charge in [0.25, 0.3) is 5.69 Å². The normalized spacial score (nSPS) is 11.2. The molecule has 0 atom stereocenters. The van der Waals surface area contributed by atoms with Crippen molar-refractivity contribution in [3.63, 3.8) is 0 Å². The predicted molar refractivity (Wildman–Crippen MR) is 74.2 cm³/mol. The molecule has 0 radical (unpaired) electrons. The van der Waals surface area contributed by atoms with Gasteiger partial charge in [-0.15, -0.1) is 0 Å². The molecule has 0 bridgehead atoms. The highest BCUT2D eigenvalue weighted by molar-refractivity contribution is 5.54. The van der Waals surface area contributed by atoms with E-state index in [1.54, 1.807) is 19.9 Å². The van der Waals surface area contributed by atoms with E-state index in [-0.39, 0.29) is 12.2 Å². The van der Waals surface area contributed by atoms with Crippen molar-refractivity contribution in [2.45, 2.75) is 26.0 Å². The quantitative estimate of drug-likeness (QED) is 0.581. The zero-order valence-electron chi connectivity index (χ0n) is 12.1. The van der Waals surface area contributed by atoms with Crippen molar-refractivity contribution in [1.29, 1.82) is 0 Å². The van der Waals surface area contributed by atoms with Gasteiger partial charge in [-0.1, -0.05) is 0 Å². The molecule has 0 unspecified atom stereocenters. The van der Waals surface area contributed by atoms with Crippen LogP contribution in [0.5, 0.6) is 11.5 Å². The van der Waals surface area contributed by atoms with Crippen LogP contribution in [0.15, 0.2) is 12.1 Å². The molecule has 0 fully saturated rings. The highest BCUT2D eigenvalue weighted by atomic mass is 16.6. The molecule has 0 amide bonds. The lowest BCUT2D eigenvalue weighted by Crippen LogP contribution is -2.34. The number of nitro groups is 1. The van der Waals surface area contributed by atoms with Crippen LogP contribution >= 0.6 is 0 Å². The zero-order chi connectivity index (χ0) is 15.3. The Balaban J connectivity index is 3.00. The lowest BCUT2D eigenvalue weighted by Gasteiger charge is -2.18. The Kier molecular flexibility index (Phi) is 5.29. The summed E-state index contributed by atoms with van der Waals surface area (Å²) in [7, 11) is 2.89. The van der Waals surface area contributed by atoms with Crippen LogP contribution in [0.4, 0.5) is 5.69 Å². The van der Waals surface area contributed by atoms with E-state index in [1.807, 2.05) is 0 Å².